The Morgan fingerprint density at radius 2 is 1.27 bits per heavy atom. The molecule has 0 fully saturated rings. The van der Waals surface area contributed by atoms with Crippen LogP contribution in [0.2, 0.25) is 0 Å². The van der Waals surface area contributed by atoms with Crippen LogP contribution in [0.1, 0.15) is 31.8 Å². The lowest BCUT2D eigenvalue weighted by Gasteiger charge is -2.19. The zero-order chi connectivity index (χ0) is 21.4. The molecule has 1 aliphatic carbocycles. The number of rotatable bonds is 4. The molecule has 0 saturated heterocycles. The Morgan fingerprint density at radius 3 is 1.83 bits per heavy atom. The van der Waals surface area contributed by atoms with Gasteiger partial charge in [-0.1, -0.05) is 58.9 Å². The third-order valence-electron chi connectivity index (χ3n) is 4.70. The van der Waals surface area contributed by atoms with Crippen molar-refractivity contribution in [3.8, 4) is 11.5 Å². The highest BCUT2D eigenvalue weighted by atomic mass is 32.2. The molecule has 0 radical (unpaired) electrons. The molecule has 0 spiro atoms. The van der Waals surface area contributed by atoms with Crippen molar-refractivity contribution in [2.45, 2.75) is 28.5 Å². The first-order valence-corrected chi connectivity index (χ1v) is 10.9. The number of ketones is 2. The molecular formula is C24H18O4S2. The number of benzene rings is 3. The van der Waals surface area contributed by atoms with E-state index in [1.54, 1.807) is 0 Å². The zero-order valence-corrected chi connectivity index (χ0v) is 17.9. The molecule has 150 valence electrons. The van der Waals surface area contributed by atoms with E-state index in [4.69, 9.17) is 0 Å². The molecular weight excluding hydrogens is 416 g/mol. The van der Waals surface area contributed by atoms with Crippen molar-refractivity contribution in [1.29, 1.82) is 0 Å². The van der Waals surface area contributed by atoms with Gasteiger partial charge in [0.05, 0.1) is 20.9 Å². The third-order valence-corrected chi connectivity index (χ3v) is 6.77. The lowest BCUT2D eigenvalue weighted by atomic mass is 9.93. The summed E-state index contributed by atoms with van der Waals surface area (Å²) in [5.74, 6) is -1.58. The van der Waals surface area contributed by atoms with Crippen molar-refractivity contribution in [1.82, 2.24) is 0 Å². The van der Waals surface area contributed by atoms with Crippen LogP contribution in [-0.4, -0.2) is 21.8 Å². The fourth-order valence-electron chi connectivity index (χ4n) is 3.10. The van der Waals surface area contributed by atoms with Crippen LogP contribution in [0.3, 0.4) is 0 Å². The van der Waals surface area contributed by atoms with Crippen LogP contribution in [0.4, 0.5) is 0 Å². The second-order valence-corrected chi connectivity index (χ2v) is 9.26. The summed E-state index contributed by atoms with van der Waals surface area (Å²) in [6.07, 6.45) is 1.23. The predicted octanol–water partition coefficient (Wildman–Crippen LogP) is 5.92. The number of carbonyl (C=O) groups is 2. The van der Waals surface area contributed by atoms with Gasteiger partial charge in [-0.3, -0.25) is 9.59 Å². The summed E-state index contributed by atoms with van der Waals surface area (Å²) in [5, 5.41) is 21.3. The minimum atomic E-state index is -0.502. The molecule has 0 saturated carbocycles. The molecule has 3 aromatic rings. The topological polar surface area (TPSA) is 74.6 Å². The Labute approximate surface area is 182 Å². The molecule has 4 rings (SSSR count). The third kappa shape index (κ3) is 3.88. The molecule has 0 atom stereocenters. The Bertz CT molecular complexity index is 1190. The summed E-state index contributed by atoms with van der Waals surface area (Å²) in [6.45, 7) is 3.94. The number of allylic oxidation sites excluding steroid dienone is 2. The number of phenolic OH excluding ortho intramolecular Hbond substituents is 2. The number of hydrogen-bond donors (Lipinski definition) is 2. The zero-order valence-electron chi connectivity index (χ0n) is 16.3. The van der Waals surface area contributed by atoms with Gasteiger partial charge in [0.15, 0.2) is 5.78 Å². The van der Waals surface area contributed by atoms with E-state index >= 15 is 0 Å². The quantitative estimate of drug-likeness (QED) is 0.497. The van der Waals surface area contributed by atoms with E-state index in [0.29, 0.717) is 4.90 Å². The molecule has 4 nitrogen and oxygen atoms in total. The van der Waals surface area contributed by atoms with E-state index < -0.39 is 11.6 Å². The van der Waals surface area contributed by atoms with Gasteiger partial charge in [0.25, 0.3) is 0 Å². The molecule has 0 aliphatic heterocycles. The molecule has 2 N–H and O–H groups in total. The Balaban J connectivity index is 1.70. The van der Waals surface area contributed by atoms with Crippen molar-refractivity contribution in [3.63, 3.8) is 0 Å². The van der Waals surface area contributed by atoms with Gasteiger partial charge >= 0.3 is 0 Å². The molecule has 0 unspecified atom stereocenters. The maximum atomic E-state index is 13.0. The van der Waals surface area contributed by atoms with Gasteiger partial charge < -0.3 is 10.2 Å². The van der Waals surface area contributed by atoms with Gasteiger partial charge in [0.1, 0.15) is 11.5 Å². The average molecular weight is 435 g/mol. The summed E-state index contributed by atoms with van der Waals surface area (Å²) < 4.78 is 0. The van der Waals surface area contributed by atoms with Gasteiger partial charge in [-0.05, 0) is 44.2 Å². The lowest BCUT2D eigenvalue weighted by Crippen LogP contribution is -2.16. The number of aromatic hydroxyl groups is 2. The molecule has 3 aromatic carbocycles. The van der Waals surface area contributed by atoms with Crippen molar-refractivity contribution in [2.24, 2.45) is 0 Å². The fourth-order valence-corrected chi connectivity index (χ4v) is 4.89. The molecule has 1 aliphatic rings. The van der Waals surface area contributed by atoms with Crippen LogP contribution in [0, 0.1) is 13.8 Å². The number of Topliss-reactive ketones (excluding diaryl/α,β-unsaturated/α-hetero) is 1. The number of aryl methyl sites for hydroxylation is 2. The molecule has 0 amide bonds. The summed E-state index contributed by atoms with van der Waals surface area (Å²) >= 11 is 2.38. The predicted molar refractivity (Wildman–Crippen MR) is 119 cm³/mol. The van der Waals surface area contributed by atoms with Crippen molar-refractivity contribution in [2.75, 3.05) is 0 Å². The SMILES string of the molecule is Cc1ccc(SC2=CC(=O)c3c(O)c(Sc4ccc(C)cc4)cc(O)c3C2=O)cc1. The fraction of sp³-hybridized carbons (Fsp3) is 0.0833. The van der Waals surface area contributed by atoms with Crippen LogP contribution < -0.4 is 0 Å². The first-order valence-electron chi connectivity index (χ1n) is 9.22. The van der Waals surface area contributed by atoms with E-state index in [-0.39, 0.29) is 27.5 Å². The number of carbonyl (C=O) groups excluding carboxylic acids is 2. The second-order valence-electron chi connectivity index (χ2n) is 7.02. The highest BCUT2D eigenvalue weighted by molar-refractivity contribution is 8.04. The largest absolute Gasteiger partial charge is 0.507 e. The van der Waals surface area contributed by atoms with E-state index in [1.165, 1.54) is 23.9 Å². The first-order chi connectivity index (χ1) is 14.3. The number of thioether (sulfide) groups is 1. The van der Waals surface area contributed by atoms with Crippen molar-refractivity contribution >= 4 is 35.1 Å². The first kappa shape index (κ1) is 20.3. The minimum absolute atomic E-state index is 0.150. The van der Waals surface area contributed by atoms with Crippen LogP contribution in [0.25, 0.3) is 0 Å². The number of fused-ring (bicyclic) bond motifs is 1. The Morgan fingerprint density at radius 1 is 0.733 bits per heavy atom. The Hall–Kier alpha value is -2.96. The van der Waals surface area contributed by atoms with Gasteiger partial charge in [-0.25, -0.2) is 0 Å². The summed E-state index contributed by atoms with van der Waals surface area (Å²) in [7, 11) is 0. The van der Waals surface area contributed by atoms with Crippen molar-refractivity contribution in [3.05, 3.63) is 87.8 Å². The highest BCUT2D eigenvalue weighted by Crippen LogP contribution is 2.45. The van der Waals surface area contributed by atoms with Crippen molar-refractivity contribution < 1.29 is 19.8 Å². The number of phenols is 2. The minimum Gasteiger partial charge on any atom is -0.507 e. The number of hydrogen-bond acceptors (Lipinski definition) is 6. The molecule has 0 aromatic heterocycles. The van der Waals surface area contributed by atoms with Gasteiger partial charge in [0, 0.05) is 15.9 Å². The van der Waals surface area contributed by atoms with Crippen LogP contribution in [0.5, 0.6) is 11.5 Å². The maximum absolute atomic E-state index is 13.0. The van der Waals surface area contributed by atoms with E-state index in [9.17, 15) is 19.8 Å². The standard InChI is InChI=1S/C24H18O4S2/c1-13-3-7-15(8-4-13)29-19-11-17(25)22-21(23(19)27)18(26)12-20(24(22)28)30-16-9-5-14(2)6-10-16/h3-12,25,27H,1-2H3. The van der Waals surface area contributed by atoms with Crippen LogP contribution in [-0.2, 0) is 0 Å². The normalized spacial score (nSPS) is 13.2. The lowest BCUT2D eigenvalue weighted by molar-refractivity contribution is 0.0986. The summed E-state index contributed by atoms with van der Waals surface area (Å²) in [5.41, 5.74) is 1.89. The molecule has 0 heterocycles. The summed E-state index contributed by atoms with van der Waals surface area (Å²) in [4.78, 5) is 28.0. The highest BCUT2D eigenvalue weighted by Gasteiger charge is 2.33. The van der Waals surface area contributed by atoms with E-state index in [2.05, 4.69) is 0 Å². The van der Waals surface area contributed by atoms with Gasteiger partial charge in [0.2, 0.25) is 5.78 Å². The maximum Gasteiger partial charge on any atom is 0.204 e. The van der Waals surface area contributed by atoms with E-state index in [0.717, 1.165) is 32.7 Å². The molecule has 6 heteroatoms. The Kier molecular flexibility index (Phi) is 5.45. The van der Waals surface area contributed by atoms with Gasteiger partial charge in [-0.2, -0.15) is 0 Å². The van der Waals surface area contributed by atoms with E-state index in [1.807, 2.05) is 62.4 Å². The molecule has 0 bridgehead atoms. The average Bonchev–Trinajstić information content (AvgIpc) is 2.71. The monoisotopic (exact) mass is 434 g/mol. The van der Waals surface area contributed by atoms with Gasteiger partial charge in [-0.15, -0.1) is 0 Å². The summed E-state index contributed by atoms with van der Waals surface area (Å²) in [6, 6.07) is 16.6. The van der Waals surface area contributed by atoms with Crippen LogP contribution in [0.15, 0.2) is 80.3 Å². The molecule has 30 heavy (non-hydrogen) atoms. The smallest absolute Gasteiger partial charge is 0.204 e. The van der Waals surface area contributed by atoms with Crippen LogP contribution >= 0.6 is 23.5 Å². The second kappa shape index (κ2) is 8.05.